The average molecular weight is 374 g/mol. The Morgan fingerprint density at radius 3 is 2.50 bits per heavy atom. The van der Waals surface area contributed by atoms with Crippen LogP contribution in [0.15, 0.2) is 35.2 Å². The SMILES string of the molecule is COc1cc(C)c(S(=O)(=O)N2CCN3CCOc4cccc2c43)c(C)c1. The second-order valence-electron chi connectivity index (χ2n) is 6.63. The number of para-hydroxylation sites is 1. The minimum Gasteiger partial charge on any atom is -0.497 e. The van der Waals surface area contributed by atoms with Crippen molar-refractivity contribution in [3.05, 3.63) is 41.5 Å². The molecular weight excluding hydrogens is 352 g/mol. The first-order chi connectivity index (χ1) is 12.4. The van der Waals surface area contributed by atoms with E-state index >= 15 is 0 Å². The van der Waals surface area contributed by atoms with Crippen LogP contribution in [-0.2, 0) is 10.0 Å². The standard InChI is InChI=1S/C19H22N2O4S/c1-13-11-15(24-3)12-14(2)19(13)26(22,23)21-8-7-20-9-10-25-17-6-4-5-16(21)18(17)20/h4-6,11-12H,7-10H2,1-3H3. The fourth-order valence-electron chi connectivity index (χ4n) is 3.87. The Morgan fingerprint density at radius 2 is 1.81 bits per heavy atom. The smallest absolute Gasteiger partial charge is 0.264 e. The monoisotopic (exact) mass is 374 g/mol. The highest BCUT2D eigenvalue weighted by molar-refractivity contribution is 7.93. The predicted molar refractivity (Wildman–Crippen MR) is 101 cm³/mol. The minimum absolute atomic E-state index is 0.348. The first-order valence-corrected chi connectivity index (χ1v) is 10.1. The van der Waals surface area contributed by atoms with Crippen LogP contribution in [0.5, 0.6) is 11.5 Å². The first-order valence-electron chi connectivity index (χ1n) is 8.62. The van der Waals surface area contributed by atoms with Gasteiger partial charge in [-0.1, -0.05) is 6.07 Å². The highest BCUT2D eigenvalue weighted by Crippen LogP contribution is 2.45. The summed E-state index contributed by atoms with van der Waals surface area (Å²) >= 11 is 0. The van der Waals surface area contributed by atoms with Crippen molar-refractivity contribution in [3.8, 4) is 11.5 Å². The highest BCUT2D eigenvalue weighted by Gasteiger charge is 2.36. The summed E-state index contributed by atoms with van der Waals surface area (Å²) in [6.07, 6.45) is 0. The predicted octanol–water partition coefficient (Wildman–Crippen LogP) is 2.72. The van der Waals surface area contributed by atoms with Crippen LogP contribution in [0.2, 0.25) is 0 Å². The van der Waals surface area contributed by atoms with Crippen molar-refractivity contribution < 1.29 is 17.9 Å². The van der Waals surface area contributed by atoms with E-state index in [1.807, 2.05) is 32.0 Å². The maximum Gasteiger partial charge on any atom is 0.264 e. The summed E-state index contributed by atoms with van der Waals surface area (Å²) in [7, 11) is -2.11. The summed E-state index contributed by atoms with van der Waals surface area (Å²) in [5.74, 6) is 1.41. The lowest BCUT2D eigenvalue weighted by molar-refractivity contribution is 0.307. The molecule has 0 spiro atoms. The number of ether oxygens (including phenoxy) is 2. The van der Waals surface area contributed by atoms with Gasteiger partial charge in [0.25, 0.3) is 10.0 Å². The molecule has 2 aromatic carbocycles. The Balaban J connectivity index is 1.86. The van der Waals surface area contributed by atoms with Crippen molar-refractivity contribution in [2.45, 2.75) is 18.7 Å². The molecule has 0 saturated carbocycles. The molecule has 0 N–H and O–H groups in total. The number of aryl methyl sites for hydroxylation is 2. The molecule has 0 aromatic heterocycles. The lowest BCUT2D eigenvalue weighted by atomic mass is 10.1. The molecular formula is C19H22N2O4S. The van der Waals surface area contributed by atoms with E-state index < -0.39 is 10.0 Å². The zero-order valence-electron chi connectivity index (χ0n) is 15.2. The largest absolute Gasteiger partial charge is 0.497 e. The summed E-state index contributed by atoms with van der Waals surface area (Å²) in [5.41, 5.74) is 2.93. The van der Waals surface area contributed by atoms with Gasteiger partial charge in [-0.05, 0) is 49.2 Å². The zero-order valence-corrected chi connectivity index (χ0v) is 16.0. The van der Waals surface area contributed by atoms with Crippen molar-refractivity contribution in [3.63, 3.8) is 0 Å². The number of sulfonamides is 1. The van der Waals surface area contributed by atoms with E-state index in [0.717, 1.165) is 18.0 Å². The number of anilines is 2. The van der Waals surface area contributed by atoms with Crippen LogP contribution in [0.1, 0.15) is 11.1 Å². The van der Waals surface area contributed by atoms with E-state index in [-0.39, 0.29) is 0 Å². The van der Waals surface area contributed by atoms with Gasteiger partial charge < -0.3 is 14.4 Å². The lowest BCUT2D eigenvalue weighted by Gasteiger charge is -2.41. The number of methoxy groups -OCH3 is 1. The molecule has 0 amide bonds. The van der Waals surface area contributed by atoms with Crippen molar-refractivity contribution >= 4 is 21.4 Å². The van der Waals surface area contributed by atoms with Gasteiger partial charge in [-0.25, -0.2) is 8.42 Å². The second kappa shape index (κ2) is 6.09. The highest BCUT2D eigenvalue weighted by atomic mass is 32.2. The van der Waals surface area contributed by atoms with E-state index in [2.05, 4.69) is 4.90 Å². The Morgan fingerprint density at radius 1 is 1.08 bits per heavy atom. The van der Waals surface area contributed by atoms with Crippen molar-refractivity contribution in [2.24, 2.45) is 0 Å². The molecule has 26 heavy (non-hydrogen) atoms. The molecule has 138 valence electrons. The van der Waals surface area contributed by atoms with Crippen molar-refractivity contribution in [1.29, 1.82) is 0 Å². The van der Waals surface area contributed by atoms with Gasteiger partial charge in [0, 0.05) is 6.54 Å². The maximum absolute atomic E-state index is 13.5. The Labute approximate surface area is 154 Å². The molecule has 2 heterocycles. The Hall–Kier alpha value is -2.41. The zero-order chi connectivity index (χ0) is 18.5. The minimum atomic E-state index is -3.69. The van der Waals surface area contributed by atoms with E-state index in [1.165, 1.54) is 4.31 Å². The number of nitrogens with zero attached hydrogens (tertiary/aromatic N) is 2. The van der Waals surface area contributed by atoms with Crippen LogP contribution in [0.3, 0.4) is 0 Å². The van der Waals surface area contributed by atoms with E-state index in [9.17, 15) is 8.42 Å². The summed E-state index contributed by atoms with van der Waals surface area (Å²) in [5, 5.41) is 0. The summed E-state index contributed by atoms with van der Waals surface area (Å²) in [4.78, 5) is 2.55. The molecule has 0 atom stereocenters. The second-order valence-corrected chi connectivity index (χ2v) is 8.43. The molecule has 0 radical (unpaired) electrons. The fourth-order valence-corrected chi connectivity index (χ4v) is 5.75. The van der Waals surface area contributed by atoms with Crippen LogP contribution < -0.4 is 18.7 Å². The van der Waals surface area contributed by atoms with Crippen LogP contribution in [0, 0.1) is 13.8 Å². The van der Waals surface area contributed by atoms with Gasteiger partial charge in [-0.15, -0.1) is 0 Å². The average Bonchev–Trinajstić information content (AvgIpc) is 2.61. The molecule has 0 aliphatic carbocycles. The van der Waals surface area contributed by atoms with Gasteiger partial charge in [0.1, 0.15) is 23.8 Å². The molecule has 0 saturated heterocycles. The number of hydrogen-bond donors (Lipinski definition) is 0. The third-order valence-electron chi connectivity index (χ3n) is 4.97. The molecule has 0 fully saturated rings. The van der Waals surface area contributed by atoms with Gasteiger partial charge >= 0.3 is 0 Å². The maximum atomic E-state index is 13.5. The van der Waals surface area contributed by atoms with Crippen LogP contribution in [-0.4, -0.2) is 41.8 Å². The number of hydrogen-bond acceptors (Lipinski definition) is 5. The molecule has 2 aliphatic rings. The first kappa shape index (κ1) is 17.0. The summed E-state index contributed by atoms with van der Waals surface area (Å²) < 4.78 is 39.6. The summed E-state index contributed by atoms with van der Waals surface area (Å²) in [6, 6.07) is 9.12. The lowest BCUT2D eigenvalue weighted by Crippen LogP contribution is -2.47. The molecule has 0 bridgehead atoms. The van der Waals surface area contributed by atoms with Gasteiger partial charge in [-0.3, -0.25) is 4.31 Å². The van der Waals surface area contributed by atoms with Gasteiger partial charge in [0.2, 0.25) is 0 Å². The topological polar surface area (TPSA) is 59.1 Å². The third kappa shape index (κ3) is 2.49. The normalized spacial score (nSPS) is 16.1. The van der Waals surface area contributed by atoms with Crippen molar-refractivity contribution in [2.75, 3.05) is 42.6 Å². The van der Waals surface area contributed by atoms with Crippen LogP contribution >= 0.6 is 0 Å². The number of benzene rings is 2. The van der Waals surface area contributed by atoms with Crippen molar-refractivity contribution in [1.82, 2.24) is 0 Å². The molecule has 2 aromatic rings. The Kier molecular flexibility index (Phi) is 3.99. The molecule has 0 unspecified atom stereocenters. The molecule has 2 aliphatic heterocycles. The molecule has 7 heteroatoms. The van der Waals surface area contributed by atoms with E-state index in [4.69, 9.17) is 9.47 Å². The summed E-state index contributed by atoms with van der Waals surface area (Å²) in [6.45, 7) is 6.09. The van der Waals surface area contributed by atoms with Gasteiger partial charge in [0.05, 0.1) is 30.8 Å². The quantitative estimate of drug-likeness (QED) is 0.827. The van der Waals surface area contributed by atoms with E-state index in [1.54, 1.807) is 19.2 Å². The van der Waals surface area contributed by atoms with Crippen LogP contribution in [0.25, 0.3) is 0 Å². The number of rotatable bonds is 3. The fraction of sp³-hybridized carbons (Fsp3) is 0.368. The van der Waals surface area contributed by atoms with Gasteiger partial charge in [-0.2, -0.15) is 0 Å². The third-order valence-corrected chi connectivity index (χ3v) is 7.09. The van der Waals surface area contributed by atoms with Crippen LogP contribution in [0.4, 0.5) is 11.4 Å². The molecule has 6 nitrogen and oxygen atoms in total. The molecule has 4 rings (SSSR count). The van der Waals surface area contributed by atoms with Gasteiger partial charge in [0.15, 0.2) is 0 Å². The Bertz CT molecular complexity index is 948. The van der Waals surface area contributed by atoms with E-state index in [0.29, 0.717) is 47.2 Å².